The second-order valence-corrected chi connectivity index (χ2v) is 7.39. The van der Waals surface area contributed by atoms with Crippen molar-refractivity contribution in [1.82, 2.24) is 5.32 Å². The van der Waals surface area contributed by atoms with Crippen LogP contribution in [0.1, 0.15) is 50.8 Å². The summed E-state index contributed by atoms with van der Waals surface area (Å²) in [6, 6.07) is 9.22. The van der Waals surface area contributed by atoms with Crippen LogP contribution in [0.3, 0.4) is 0 Å². The molecule has 0 saturated heterocycles. The van der Waals surface area contributed by atoms with Gasteiger partial charge in [-0.25, -0.2) is 0 Å². The third-order valence-corrected chi connectivity index (χ3v) is 4.30. The fourth-order valence-electron chi connectivity index (χ4n) is 2.84. The van der Waals surface area contributed by atoms with Crippen molar-refractivity contribution in [2.75, 3.05) is 14.2 Å². The van der Waals surface area contributed by atoms with Crippen molar-refractivity contribution in [3.05, 3.63) is 47.4 Å². The zero-order chi connectivity index (χ0) is 19.3. The largest absolute Gasteiger partial charge is 0.493 e. The van der Waals surface area contributed by atoms with Gasteiger partial charge < -0.3 is 19.2 Å². The monoisotopic (exact) mass is 359 g/mol. The van der Waals surface area contributed by atoms with Gasteiger partial charge in [-0.05, 0) is 35.2 Å². The first kappa shape index (κ1) is 19.9. The number of carbonyl (C=O) groups is 1. The highest BCUT2D eigenvalue weighted by Gasteiger charge is 2.30. The lowest BCUT2D eigenvalue weighted by Gasteiger charge is -2.30. The third kappa shape index (κ3) is 4.81. The summed E-state index contributed by atoms with van der Waals surface area (Å²) >= 11 is 0. The van der Waals surface area contributed by atoms with Crippen molar-refractivity contribution in [3.8, 4) is 11.5 Å². The molecule has 0 saturated carbocycles. The highest BCUT2D eigenvalue weighted by Crippen LogP contribution is 2.34. The number of benzene rings is 1. The highest BCUT2D eigenvalue weighted by atomic mass is 16.5. The van der Waals surface area contributed by atoms with E-state index in [9.17, 15) is 4.79 Å². The first-order valence-electron chi connectivity index (χ1n) is 8.87. The van der Waals surface area contributed by atoms with Gasteiger partial charge in [0.1, 0.15) is 11.5 Å². The molecular weight excluding hydrogens is 330 g/mol. The predicted octanol–water partition coefficient (Wildman–Crippen LogP) is 4.31. The van der Waals surface area contributed by atoms with Crippen LogP contribution in [-0.4, -0.2) is 20.1 Å². The number of hydrogen-bond donors (Lipinski definition) is 1. The lowest BCUT2D eigenvalue weighted by molar-refractivity contribution is -0.122. The minimum Gasteiger partial charge on any atom is -0.493 e. The maximum Gasteiger partial charge on any atom is 0.225 e. The normalized spacial score (nSPS) is 12.5. The Morgan fingerprint density at radius 3 is 2.35 bits per heavy atom. The van der Waals surface area contributed by atoms with Gasteiger partial charge in [0.2, 0.25) is 5.91 Å². The van der Waals surface area contributed by atoms with Crippen LogP contribution in [0.15, 0.2) is 34.7 Å². The molecule has 2 rings (SSSR count). The molecule has 1 aromatic heterocycles. The van der Waals surface area contributed by atoms with E-state index in [1.807, 2.05) is 37.3 Å². The molecule has 1 unspecified atom stereocenters. The second kappa shape index (κ2) is 8.30. The van der Waals surface area contributed by atoms with E-state index in [1.165, 1.54) is 0 Å². The summed E-state index contributed by atoms with van der Waals surface area (Å²) < 4.78 is 16.4. The Balaban J connectivity index is 2.15. The molecule has 5 nitrogen and oxygen atoms in total. The minimum atomic E-state index is -0.199. The Morgan fingerprint density at radius 2 is 1.81 bits per heavy atom. The van der Waals surface area contributed by atoms with Crippen molar-refractivity contribution in [1.29, 1.82) is 0 Å². The second-order valence-electron chi connectivity index (χ2n) is 7.39. The number of aryl methyl sites for hydroxylation is 1. The average molecular weight is 359 g/mol. The van der Waals surface area contributed by atoms with Crippen molar-refractivity contribution in [3.63, 3.8) is 0 Å². The van der Waals surface area contributed by atoms with Crippen molar-refractivity contribution >= 4 is 5.91 Å². The summed E-state index contributed by atoms with van der Waals surface area (Å²) in [5.74, 6) is 2.90. The summed E-state index contributed by atoms with van der Waals surface area (Å²) in [4.78, 5) is 12.6. The van der Waals surface area contributed by atoms with E-state index in [4.69, 9.17) is 13.9 Å². The molecule has 1 aromatic carbocycles. The van der Waals surface area contributed by atoms with E-state index in [1.54, 1.807) is 14.2 Å². The SMILES string of the molecule is CCc1ccc(C(NC(=O)Cc2ccc(OC)c(OC)c2)C(C)(C)C)o1. The Hall–Kier alpha value is -2.43. The van der Waals surface area contributed by atoms with Crippen LogP contribution in [0.4, 0.5) is 0 Å². The van der Waals surface area contributed by atoms with Crippen LogP contribution < -0.4 is 14.8 Å². The number of rotatable bonds is 7. The molecule has 2 aromatic rings. The maximum absolute atomic E-state index is 12.6. The predicted molar refractivity (Wildman–Crippen MR) is 102 cm³/mol. The summed E-state index contributed by atoms with van der Waals surface area (Å²) in [6.07, 6.45) is 1.09. The summed E-state index contributed by atoms with van der Waals surface area (Å²) in [5, 5.41) is 3.12. The zero-order valence-electron chi connectivity index (χ0n) is 16.5. The smallest absolute Gasteiger partial charge is 0.225 e. The molecule has 0 aliphatic carbocycles. The Kier molecular flexibility index (Phi) is 6.35. The molecule has 1 atom stereocenters. The molecule has 26 heavy (non-hydrogen) atoms. The molecule has 0 aliphatic heterocycles. The lowest BCUT2D eigenvalue weighted by Crippen LogP contribution is -2.37. The number of amides is 1. The molecule has 0 aliphatic rings. The van der Waals surface area contributed by atoms with Gasteiger partial charge in [0.05, 0.1) is 26.7 Å². The van der Waals surface area contributed by atoms with E-state index in [0.717, 1.165) is 23.5 Å². The Labute approximate surface area is 155 Å². The first-order valence-corrected chi connectivity index (χ1v) is 8.87. The standard InChI is InChI=1S/C21H29NO4/c1-7-15-9-11-17(26-15)20(21(2,3)4)22-19(23)13-14-8-10-16(24-5)18(12-14)25-6/h8-12,20H,7,13H2,1-6H3,(H,22,23). The zero-order valence-corrected chi connectivity index (χ0v) is 16.5. The van der Waals surface area contributed by atoms with Crippen LogP contribution in [0.25, 0.3) is 0 Å². The molecule has 0 spiro atoms. The van der Waals surface area contributed by atoms with Gasteiger partial charge in [0.15, 0.2) is 11.5 Å². The Morgan fingerprint density at radius 1 is 1.12 bits per heavy atom. The quantitative estimate of drug-likeness (QED) is 0.800. The highest BCUT2D eigenvalue weighted by molar-refractivity contribution is 5.79. The number of carbonyl (C=O) groups excluding carboxylic acids is 1. The van der Waals surface area contributed by atoms with Crippen molar-refractivity contribution in [2.24, 2.45) is 5.41 Å². The third-order valence-electron chi connectivity index (χ3n) is 4.30. The fraction of sp³-hybridized carbons (Fsp3) is 0.476. The number of methoxy groups -OCH3 is 2. The van der Waals surface area contributed by atoms with Crippen LogP contribution in [0.2, 0.25) is 0 Å². The van der Waals surface area contributed by atoms with Crippen molar-refractivity contribution in [2.45, 2.75) is 46.6 Å². The number of nitrogens with one attached hydrogen (secondary N) is 1. The van der Waals surface area contributed by atoms with Gasteiger partial charge in [-0.15, -0.1) is 0 Å². The molecule has 0 fully saturated rings. The van der Waals surface area contributed by atoms with E-state index in [0.29, 0.717) is 11.5 Å². The Bertz CT molecular complexity index is 743. The molecular formula is C21H29NO4. The summed E-state index contributed by atoms with van der Waals surface area (Å²) in [7, 11) is 3.17. The first-order chi connectivity index (χ1) is 12.3. The van der Waals surface area contributed by atoms with Gasteiger partial charge in [-0.3, -0.25) is 4.79 Å². The number of ether oxygens (including phenoxy) is 2. The number of furan rings is 1. The van der Waals surface area contributed by atoms with Crippen LogP contribution in [-0.2, 0) is 17.6 Å². The van der Waals surface area contributed by atoms with Crippen LogP contribution in [0, 0.1) is 5.41 Å². The van der Waals surface area contributed by atoms with Gasteiger partial charge in [0.25, 0.3) is 0 Å². The summed E-state index contributed by atoms with van der Waals surface area (Å²) in [6.45, 7) is 8.30. The molecule has 0 bridgehead atoms. The van der Waals surface area contributed by atoms with Gasteiger partial charge in [0, 0.05) is 6.42 Å². The molecule has 1 N–H and O–H groups in total. The van der Waals surface area contributed by atoms with E-state index < -0.39 is 0 Å². The maximum atomic E-state index is 12.6. The van der Waals surface area contributed by atoms with Gasteiger partial charge >= 0.3 is 0 Å². The minimum absolute atomic E-state index is 0.0633. The van der Waals surface area contributed by atoms with E-state index in [-0.39, 0.29) is 23.8 Å². The van der Waals surface area contributed by atoms with Crippen LogP contribution in [0.5, 0.6) is 11.5 Å². The van der Waals surface area contributed by atoms with E-state index in [2.05, 4.69) is 26.1 Å². The fourth-order valence-corrected chi connectivity index (χ4v) is 2.84. The van der Waals surface area contributed by atoms with Gasteiger partial charge in [-0.2, -0.15) is 0 Å². The average Bonchev–Trinajstić information content (AvgIpc) is 3.07. The topological polar surface area (TPSA) is 60.7 Å². The van der Waals surface area contributed by atoms with Crippen LogP contribution >= 0.6 is 0 Å². The number of hydrogen-bond acceptors (Lipinski definition) is 4. The molecule has 1 amide bonds. The molecule has 5 heteroatoms. The van der Waals surface area contributed by atoms with E-state index >= 15 is 0 Å². The molecule has 142 valence electrons. The molecule has 1 heterocycles. The summed E-state index contributed by atoms with van der Waals surface area (Å²) in [5.41, 5.74) is 0.692. The molecule has 0 radical (unpaired) electrons. The van der Waals surface area contributed by atoms with Gasteiger partial charge in [-0.1, -0.05) is 33.8 Å². The lowest BCUT2D eigenvalue weighted by atomic mass is 9.85. The van der Waals surface area contributed by atoms with Crippen molar-refractivity contribution < 1.29 is 18.7 Å².